The Morgan fingerprint density at radius 1 is 1.25 bits per heavy atom. The summed E-state index contributed by atoms with van der Waals surface area (Å²) in [5.74, 6) is -0.621. The minimum Gasteiger partial charge on any atom is -0.428 e. The molecule has 3 N–H and O–H groups in total. The normalized spacial score (nSPS) is 21.3. The molecule has 0 saturated carbocycles. The van der Waals surface area contributed by atoms with Gasteiger partial charge in [0.05, 0.1) is 17.3 Å². The number of carbonyl (C=O) groups is 1. The summed E-state index contributed by atoms with van der Waals surface area (Å²) >= 11 is 0. The lowest BCUT2D eigenvalue weighted by Gasteiger charge is -2.16. The SMILES string of the molecule is CC1=C([C@@H](O)CCCCCCC(C)(C)O)C(=O)O[C@H]1O. The van der Waals surface area contributed by atoms with Gasteiger partial charge in [-0.1, -0.05) is 25.7 Å². The fraction of sp³-hybridized carbons (Fsp3) is 0.800. The van der Waals surface area contributed by atoms with E-state index in [1.165, 1.54) is 0 Å². The van der Waals surface area contributed by atoms with Crippen LogP contribution in [0, 0.1) is 0 Å². The Morgan fingerprint density at radius 2 is 1.85 bits per heavy atom. The summed E-state index contributed by atoms with van der Waals surface area (Å²) in [6.45, 7) is 5.18. The molecule has 0 fully saturated rings. The first-order valence-corrected chi connectivity index (χ1v) is 7.22. The predicted molar refractivity (Wildman–Crippen MR) is 74.8 cm³/mol. The third kappa shape index (κ3) is 5.23. The zero-order valence-corrected chi connectivity index (χ0v) is 12.6. The number of aliphatic hydroxyl groups excluding tert-OH is 2. The molecule has 0 aromatic rings. The number of carbonyl (C=O) groups excluding carboxylic acids is 1. The van der Waals surface area contributed by atoms with Crippen LogP contribution in [0.3, 0.4) is 0 Å². The van der Waals surface area contributed by atoms with Gasteiger partial charge >= 0.3 is 5.97 Å². The van der Waals surface area contributed by atoms with Crippen LogP contribution in [-0.4, -0.2) is 39.3 Å². The van der Waals surface area contributed by atoms with Gasteiger partial charge in [0.2, 0.25) is 6.29 Å². The molecule has 1 aliphatic heterocycles. The van der Waals surface area contributed by atoms with Crippen molar-refractivity contribution < 1.29 is 24.9 Å². The minimum atomic E-state index is -1.21. The molecule has 0 aliphatic carbocycles. The maximum atomic E-state index is 11.5. The highest BCUT2D eigenvalue weighted by Crippen LogP contribution is 2.26. The summed E-state index contributed by atoms with van der Waals surface area (Å²) in [7, 11) is 0. The van der Waals surface area contributed by atoms with Gasteiger partial charge in [0.25, 0.3) is 0 Å². The van der Waals surface area contributed by atoms with Crippen molar-refractivity contribution in [3.05, 3.63) is 11.1 Å². The smallest absolute Gasteiger partial charge is 0.339 e. The summed E-state index contributed by atoms with van der Waals surface area (Å²) in [6.07, 6.45) is 2.84. The fourth-order valence-corrected chi connectivity index (χ4v) is 2.34. The molecular weight excluding hydrogens is 260 g/mol. The molecule has 1 rings (SSSR count). The van der Waals surface area contributed by atoms with Gasteiger partial charge in [0.15, 0.2) is 0 Å². The Bertz CT molecular complexity index is 367. The second-order valence-electron chi connectivity index (χ2n) is 6.14. The van der Waals surface area contributed by atoms with Crippen LogP contribution >= 0.6 is 0 Å². The van der Waals surface area contributed by atoms with Crippen LogP contribution in [0.15, 0.2) is 11.1 Å². The van der Waals surface area contributed by atoms with E-state index in [9.17, 15) is 20.1 Å². The Morgan fingerprint density at radius 3 is 2.35 bits per heavy atom. The quantitative estimate of drug-likeness (QED) is 0.466. The van der Waals surface area contributed by atoms with Crippen LogP contribution in [-0.2, 0) is 9.53 Å². The lowest BCUT2D eigenvalue weighted by Crippen LogP contribution is -2.18. The molecule has 116 valence electrons. The van der Waals surface area contributed by atoms with Crippen molar-refractivity contribution in [1.29, 1.82) is 0 Å². The molecule has 5 heteroatoms. The van der Waals surface area contributed by atoms with Crippen molar-refractivity contribution in [3.8, 4) is 0 Å². The summed E-state index contributed by atoms with van der Waals surface area (Å²) in [5.41, 5.74) is -0.0101. The number of unbranched alkanes of at least 4 members (excludes halogenated alkanes) is 3. The maximum absolute atomic E-state index is 11.5. The summed E-state index contributed by atoms with van der Waals surface area (Å²) in [4.78, 5) is 11.5. The first-order valence-electron chi connectivity index (χ1n) is 7.22. The van der Waals surface area contributed by atoms with Crippen LogP contribution in [0.2, 0.25) is 0 Å². The number of cyclic esters (lactones) is 1. The van der Waals surface area contributed by atoms with E-state index in [-0.39, 0.29) is 5.57 Å². The van der Waals surface area contributed by atoms with Crippen LogP contribution < -0.4 is 0 Å². The molecule has 0 bridgehead atoms. The van der Waals surface area contributed by atoms with Crippen molar-refractivity contribution in [2.24, 2.45) is 0 Å². The molecule has 0 spiro atoms. The minimum absolute atomic E-state index is 0.203. The van der Waals surface area contributed by atoms with E-state index in [1.54, 1.807) is 20.8 Å². The van der Waals surface area contributed by atoms with E-state index in [1.807, 2.05) is 0 Å². The van der Waals surface area contributed by atoms with Crippen molar-refractivity contribution in [3.63, 3.8) is 0 Å². The van der Waals surface area contributed by atoms with Gasteiger partial charge in [-0.05, 0) is 33.6 Å². The fourth-order valence-electron chi connectivity index (χ4n) is 2.34. The van der Waals surface area contributed by atoms with E-state index in [4.69, 9.17) is 0 Å². The van der Waals surface area contributed by atoms with Gasteiger partial charge in [0.1, 0.15) is 0 Å². The second kappa shape index (κ2) is 7.20. The zero-order chi connectivity index (χ0) is 15.3. The van der Waals surface area contributed by atoms with Crippen molar-refractivity contribution in [2.45, 2.75) is 77.3 Å². The molecule has 0 aromatic heterocycles. The van der Waals surface area contributed by atoms with E-state index < -0.39 is 24.0 Å². The van der Waals surface area contributed by atoms with Crippen molar-refractivity contribution in [2.75, 3.05) is 0 Å². The summed E-state index contributed by atoms with van der Waals surface area (Å²) in [5, 5.41) is 28.9. The van der Waals surface area contributed by atoms with Crippen LogP contribution in [0.1, 0.15) is 59.3 Å². The summed E-state index contributed by atoms with van der Waals surface area (Å²) in [6, 6.07) is 0. The third-order valence-electron chi connectivity index (χ3n) is 3.58. The molecule has 0 aromatic carbocycles. The second-order valence-corrected chi connectivity index (χ2v) is 6.14. The molecule has 0 unspecified atom stereocenters. The molecule has 0 saturated heterocycles. The molecular formula is C15H26O5. The highest BCUT2D eigenvalue weighted by Gasteiger charge is 2.33. The Kier molecular flexibility index (Phi) is 6.17. The van der Waals surface area contributed by atoms with Gasteiger partial charge in [-0.3, -0.25) is 0 Å². The molecule has 0 radical (unpaired) electrons. The highest BCUT2D eigenvalue weighted by atomic mass is 16.6. The average Bonchev–Trinajstić information content (AvgIpc) is 2.56. The van der Waals surface area contributed by atoms with Gasteiger partial charge in [-0.15, -0.1) is 0 Å². The highest BCUT2D eigenvalue weighted by molar-refractivity contribution is 5.92. The molecule has 5 nitrogen and oxygen atoms in total. The number of hydrogen-bond acceptors (Lipinski definition) is 5. The number of rotatable bonds is 8. The standard InChI is InChI=1S/C15H26O5/c1-10-12(14(18)20-13(10)17)11(16)8-6-4-5-7-9-15(2,3)19/h11,13,16-17,19H,4-9H2,1-3H3/t11-,13+/m0/s1. The van der Waals surface area contributed by atoms with Gasteiger partial charge < -0.3 is 20.1 Å². The van der Waals surface area contributed by atoms with E-state index in [2.05, 4.69) is 4.74 Å². The number of hydrogen-bond donors (Lipinski definition) is 3. The topological polar surface area (TPSA) is 87.0 Å². The Balaban J connectivity index is 2.24. The number of aliphatic hydroxyl groups is 3. The molecule has 1 heterocycles. The van der Waals surface area contributed by atoms with E-state index in [0.29, 0.717) is 12.0 Å². The molecule has 0 amide bonds. The lowest BCUT2D eigenvalue weighted by atomic mass is 9.97. The van der Waals surface area contributed by atoms with Gasteiger partial charge in [0, 0.05) is 5.57 Å². The summed E-state index contributed by atoms with van der Waals surface area (Å²) < 4.78 is 4.64. The zero-order valence-electron chi connectivity index (χ0n) is 12.6. The van der Waals surface area contributed by atoms with Crippen LogP contribution in [0.25, 0.3) is 0 Å². The van der Waals surface area contributed by atoms with Gasteiger partial charge in [-0.25, -0.2) is 4.79 Å². The maximum Gasteiger partial charge on any atom is 0.339 e. The van der Waals surface area contributed by atoms with Crippen molar-refractivity contribution in [1.82, 2.24) is 0 Å². The number of ether oxygens (including phenoxy) is 1. The monoisotopic (exact) mass is 286 g/mol. The van der Waals surface area contributed by atoms with Crippen molar-refractivity contribution >= 4 is 5.97 Å². The third-order valence-corrected chi connectivity index (χ3v) is 3.58. The molecule has 20 heavy (non-hydrogen) atoms. The van der Waals surface area contributed by atoms with E-state index in [0.717, 1.165) is 32.1 Å². The molecule has 2 atom stereocenters. The average molecular weight is 286 g/mol. The molecule has 1 aliphatic rings. The predicted octanol–water partition coefficient (Wildman–Crippen LogP) is 1.65. The largest absolute Gasteiger partial charge is 0.428 e. The lowest BCUT2D eigenvalue weighted by molar-refractivity contribution is -0.152. The number of esters is 1. The van der Waals surface area contributed by atoms with Crippen LogP contribution in [0.5, 0.6) is 0 Å². The Labute approximate surface area is 120 Å². The Hall–Kier alpha value is -0.910. The first-order chi connectivity index (χ1) is 9.22. The van der Waals surface area contributed by atoms with Gasteiger partial charge in [-0.2, -0.15) is 0 Å². The van der Waals surface area contributed by atoms with Crippen LogP contribution in [0.4, 0.5) is 0 Å². The van der Waals surface area contributed by atoms with E-state index >= 15 is 0 Å². The first kappa shape index (κ1) is 17.1.